The Labute approximate surface area is 197 Å². The maximum Gasteiger partial charge on any atom is 0.213 e. The Bertz CT molecular complexity index is 713. The topological polar surface area (TPSA) is 92.3 Å². The maximum absolute atomic E-state index is 12.2. The van der Waals surface area contributed by atoms with Gasteiger partial charge in [-0.05, 0) is 38.3 Å². The van der Waals surface area contributed by atoms with E-state index in [9.17, 15) is 8.42 Å². The molecule has 1 unspecified atom stereocenters. The van der Waals surface area contributed by atoms with E-state index in [0.717, 1.165) is 25.0 Å². The fourth-order valence-electron chi connectivity index (χ4n) is 2.92. The number of hydrogen-bond acceptors (Lipinski definition) is 5. The molecule has 8 nitrogen and oxygen atoms in total. The van der Waals surface area contributed by atoms with E-state index >= 15 is 0 Å². The van der Waals surface area contributed by atoms with Gasteiger partial charge in [0.05, 0.1) is 24.9 Å². The zero-order valence-corrected chi connectivity index (χ0v) is 21.0. The van der Waals surface area contributed by atoms with E-state index < -0.39 is 10.0 Å². The quantitative estimate of drug-likeness (QED) is 0.247. The molecule has 1 aliphatic heterocycles. The highest BCUT2D eigenvalue weighted by molar-refractivity contribution is 14.0. The van der Waals surface area contributed by atoms with Gasteiger partial charge in [-0.25, -0.2) is 13.1 Å². The van der Waals surface area contributed by atoms with Crippen molar-refractivity contribution < 1.29 is 17.9 Å². The number of ether oxygens (including phenoxy) is 2. The van der Waals surface area contributed by atoms with E-state index in [2.05, 4.69) is 15.0 Å². The van der Waals surface area contributed by atoms with Gasteiger partial charge in [-0.2, -0.15) is 0 Å². The lowest BCUT2D eigenvalue weighted by atomic mass is 10.1. The second-order valence-electron chi connectivity index (χ2n) is 6.97. The summed E-state index contributed by atoms with van der Waals surface area (Å²) in [5.41, 5.74) is 0. The highest BCUT2D eigenvalue weighted by Crippen LogP contribution is 2.12. The van der Waals surface area contributed by atoms with Gasteiger partial charge in [-0.1, -0.05) is 18.2 Å². The first-order valence-electron chi connectivity index (χ1n) is 10.3. The number of likely N-dealkylation sites (N-methyl/N-ethyl adjacent to an activating group) is 1. The average molecular weight is 554 g/mol. The molecule has 1 fully saturated rings. The summed E-state index contributed by atoms with van der Waals surface area (Å²) >= 11 is 0. The maximum atomic E-state index is 12.2. The summed E-state index contributed by atoms with van der Waals surface area (Å²) in [6.45, 7) is 5.05. The van der Waals surface area contributed by atoms with Crippen LogP contribution in [0, 0.1) is 0 Å². The molecule has 172 valence electrons. The lowest BCUT2D eigenvalue weighted by molar-refractivity contribution is 0.0200. The molecule has 1 aromatic rings. The minimum atomic E-state index is -3.38. The molecule has 0 bridgehead atoms. The molecule has 1 aromatic carbocycles. The minimum absolute atomic E-state index is 0. The van der Waals surface area contributed by atoms with Gasteiger partial charge in [0, 0.05) is 26.7 Å². The molecule has 2 N–H and O–H groups in total. The molecule has 2 rings (SSSR count). The van der Waals surface area contributed by atoms with Crippen LogP contribution in [0.25, 0.3) is 0 Å². The van der Waals surface area contributed by atoms with Crippen LogP contribution in [0.4, 0.5) is 0 Å². The second kappa shape index (κ2) is 14.8. The van der Waals surface area contributed by atoms with E-state index in [1.54, 1.807) is 0 Å². The van der Waals surface area contributed by atoms with Crippen molar-refractivity contribution in [3.8, 4) is 5.75 Å². The van der Waals surface area contributed by atoms with Crippen LogP contribution >= 0.6 is 24.0 Å². The first kappa shape index (κ1) is 26.9. The van der Waals surface area contributed by atoms with Crippen molar-refractivity contribution >= 4 is 40.0 Å². The van der Waals surface area contributed by atoms with Crippen molar-refractivity contribution in [3.05, 3.63) is 30.3 Å². The predicted molar refractivity (Wildman–Crippen MR) is 131 cm³/mol. The highest BCUT2D eigenvalue weighted by atomic mass is 127. The van der Waals surface area contributed by atoms with Crippen LogP contribution in [0.2, 0.25) is 0 Å². The van der Waals surface area contributed by atoms with E-state index in [1.165, 1.54) is 0 Å². The average Bonchev–Trinajstić information content (AvgIpc) is 2.73. The summed E-state index contributed by atoms with van der Waals surface area (Å²) in [6.07, 6.45) is 3.02. The van der Waals surface area contributed by atoms with Gasteiger partial charge in [0.1, 0.15) is 12.4 Å². The van der Waals surface area contributed by atoms with Gasteiger partial charge < -0.3 is 19.7 Å². The van der Waals surface area contributed by atoms with E-state index in [-0.39, 0.29) is 42.4 Å². The molecule has 1 atom stereocenters. The molecule has 0 aromatic heterocycles. The third-order valence-electron chi connectivity index (χ3n) is 4.56. The van der Waals surface area contributed by atoms with E-state index in [4.69, 9.17) is 9.47 Å². The Kier molecular flexibility index (Phi) is 13.3. The van der Waals surface area contributed by atoms with Crippen LogP contribution in [0.1, 0.15) is 26.2 Å². The predicted octanol–water partition coefficient (Wildman–Crippen LogP) is 2.07. The lowest BCUT2D eigenvalue weighted by Crippen LogP contribution is -2.41. The van der Waals surface area contributed by atoms with Crippen molar-refractivity contribution in [2.75, 3.05) is 52.2 Å². The molecule has 0 spiro atoms. The number of nitrogens with one attached hydrogen (secondary N) is 2. The van der Waals surface area contributed by atoms with Gasteiger partial charge in [0.15, 0.2) is 5.96 Å². The summed E-state index contributed by atoms with van der Waals surface area (Å²) < 4.78 is 38.4. The standard InChI is InChI=1S/C20H34N4O4S.HI/c1-3-21-20(24(2)13-15-28-18-9-5-4-6-10-18)22-12-16-29(25,26)23-17-19-11-7-8-14-27-19;/h4-6,9-10,19,23H,3,7-8,11-17H2,1-2H3,(H,21,22);1H. The lowest BCUT2D eigenvalue weighted by Gasteiger charge is -2.23. The van der Waals surface area contributed by atoms with Crippen molar-refractivity contribution in [3.63, 3.8) is 0 Å². The van der Waals surface area contributed by atoms with Crippen LogP contribution < -0.4 is 14.8 Å². The summed E-state index contributed by atoms with van der Waals surface area (Å²) in [5.74, 6) is 1.43. The molecule has 0 saturated carbocycles. The van der Waals surface area contributed by atoms with Gasteiger partial charge in [-0.15, -0.1) is 24.0 Å². The minimum Gasteiger partial charge on any atom is -0.492 e. The highest BCUT2D eigenvalue weighted by Gasteiger charge is 2.17. The van der Waals surface area contributed by atoms with Gasteiger partial charge in [-0.3, -0.25) is 4.99 Å². The van der Waals surface area contributed by atoms with Crippen LogP contribution in [0.5, 0.6) is 5.75 Å². The number of benzene rings is 1. The molecular formula is C20H35IN4O4S. The monoisotopic (exact) mass is 554 g/mol. The number of rotatable bonds is 11. The summed E-state index contributed by atoms with van der Waals surface area (Å²) in [7, 11) is -1.47. The van der Waals surface area contributed by atoms with Gasteiger partial charge in [0.25, 0.3) is 0 Å². The molecule has 0 radical (unpaired) electrons. The van der Waals surface area contributed by atoms with Crippen LogP contribution in [0.3, 0.4) is 0 Å². The molecule has 1 heterocycles. The number of guanidine groups is 1. The number of nitrogens with zero attached hydrogens (tertiary/aromatic N) is 2. The van der Waals surface area contributed by atoms with Gasteiger partial charge in [0.2, 0.25) is 10.0 Å². The molecular weight excluding hydrogens is 519 g/mol. The van der Waals surface area contributed by atoms with Crippen molar-refractivity contribution in [1.29, 1.82) is 0 Å². The Morgan fingerprint density at radius 1 is 1.30 bits per heavy atom. The number of para-hydroxylation sites is 1. The van der Waals surface area contributed by atoms with Crippen molar-refractivity contribution in [1.82, 2.24) is 14.9 Å². The number of sulfonamides is 1. The first-order chi connectivity index (χ1) is 14.0. The van der Waals surface area contributed by atoms with Crippen molar-refractivity contribution in [2.24, 2.45) is 4.99 Å². The summed E-state index contributed by atoms with van der Waals surface area (Å²) in [4.78, 5) is 6.38. The largest absolute Gasteiger partial charge is 0.492 e. The Morgan fingerprint density at radius 3 is 2.73 bits per heavy atom. The van der Waals surface area contributed by atoms with E-state index in [1.807, 2.05) is 49.2 Å². The Hall–Kier alpha value is -1.11. The fraction of sp³-hybridized carbons (Fsp3) is 0.650. The third-order valence-corrected chi connectivity index (χ3v) is 5.89. The van der Waals surface area contributed by atoms with Crippen LogP contribution in [-0.2, 0) is 14.8 Å². The molecule has 0 amide bonds. The third kappa shape index (κ3) is 10.8. The van der Waals surface area contributed by atoms with Crippen LogP contribution in [0.15, 0.2) is 35.3 Å². The normalized spacial score (nSPS) is 17.1. The number of hydrogen-bond donors (Lipinski definition) is 2. The Morgan fingerprint density at radius 2 is 2.07 bits per heavy atom. The fourth-order valence-corrected chi connectivity index (χ4v) is 3.84. The van der Waals surface area contributed by atoms with Crippen LogP contribution in [-0.4, -0.2) is 77.6 Å². The summed E-state index contributed by atoms with van der Waals surface area (Å²) in [6, 6.07) is 9.63. The van der Waals surface area contributed by atoms with Crippen molar-refractivity contribution in [2.45, 2.75) is 32.3 Å². The zero-order chi connectivity index (χ0) is 21.0. The molecule has 1 aliphatic rings. The Balaban J connectivity index is 0.00000450. The molecule has 1 saturated heterocycles. The second-order valence-corrected chi connectivity index (χ2v) is 8.90. The molecule has 30 heavy (non-hydrogen) atoms. The molecule has 0 aliphatic carbocycles. The zero-order valence-electron chi connectivity index (χ0n) is 17.9. The first-order valence-corrected chi connectivity index (χ1v) is 11.9. The van der Waals surface area contributed by atoms with Gasteiger partial charge >= 0.3 is 0 Å². The number of halogens is 1. The SMILES string of the molecule is CCNC(=NCCS(=O)(=O)NCC1CCCCO1)N(C)CCOc1ccccc1.I. The smallest absolute Gasteiger partial charge is 0.213 e. The van der Waals surface area contributed by atoms with E-state index in [0.29, 0.717) is 38.8 Å². The molecule has 10 heteroatoms. The summed E-state index contributed by atoms with van der Waals surface area (Å²) in [5, 5.41) is 3.19. The number of aliphatic imine (C=N–C) groups is 1.